The summed E-state index contributed by atoms with van der Waals surface area (Å²) in [6, 6.07) is 18.2. The highest BCUT2D eigenvalue weighted by molar-refractivity contribution is 6.09. The number of nitrogens with zero attached hydrogens (tertiary/aromatic N) is 2. The lowest BCUT2D eigenvalue weighted by atomic mass is 10.0. The maximum Gasteiger partial charge on any atom is 0.293 e. The predicted octanol–water partition coefficient (Wildman–Crippen LogP) is 3.88. The van der Waals surface area contributed by atoms with Gasteiger partial charge >= 0.3 is 0 Å². The average molecular weight is 391 g/mol. The first-order valence-corrected chi connectivity index (χ1v) is 9.34. The zero-order valence-electron chi connectivity index (χ0n) is 15.8. The van der Waals surface area contributed by atoms with E-state index in [-0.39, 0.29) is 22.6 Å². The van der Waals surface area contributed by atoms with E-state index < -0.39 is 4.92 Å². The van der Waals surface area contributed by atoms with Crippen molar-refractivity contribution >= 4 is 17.2 Å². The van der Waals surface area contributed by atoms with Crippen LogP contribution in [0.4, 0.5) is 11.4 Å². The third-order valence-electron chi connectivity index (χ3n) is 4.53. The van der Waals surface area contributed by atoms with Gasteiger partial charge in [-0.25, -0.2) is 0 Å². The second-order valence-corrected chi connectivity index (χ2v) is 6.55. The summed E-state index contributed by atoms with van der Waals surface area (Å²) in [5.41, 5.74) is 0.952. The molecule has 0 aliphatic heterocycles. The Labute approximate surface area is 167 Å². The lowest BCUT2D eigenvalue weighted by Crippen LogP contribution is -2.18. The number of benzene rings is 2. The number of hydrogen-bond acceptors (Lipinski definition) is 5. The van der Waals surface area contributed by atoms with Crippen LogP contribution in [0.3, 0.4) is 0 Å². The molecule has 3 aromatic rings. The fraction of sp³-hybridized carbons (Fsp3) is 0.182. The topological polar surface area (TPSA) is 94.2 Å². The molecule has 0 radical (unpaired) electrons. The number of carbonyl (C=O) groups is 1. The van der Waals surface area contributed by atoms with Crippen molar-refractivity contribution in [1.82, 2.24) is 4.57 Å². The molecule has 0 unspecified atom stereocenters. The molecule has 0 saturated carbocycles. The third-order valence-corrected chi connectivity index (χ3v) is 4.53. The van der Waals surface area contributed by atoms with Crippen LogP contribution >= 0.6 is 0 Å². The maximum absolute atomic E-state index is 12.5. The van der Waals surface area contributed by atoms with Crippen molar-refractivity contribution in [2.45, 2.75) is 19.4 Å². The molecule has 0 atom stereocenters. The van der Waals surface area contributed by atoms with Gasteiger partial charge in [-0.1, -0.05) is 36.4 Å². The molecular weight excluding hydrogens is 370 g/mol. The zero-order chi connectivity index (χ0) is 20.6. The Bertz CT molecular complexity index is 1060. The van der Waals surface area contributed by atoms with Gasteiger partial charge in [-0.2, -0.15) is 0 Å². The minimum absolute atomic E-state index is 0.0465. The molecule has 0 bridgehead atoms. The van der Waals surface area contributed by atoms with E-state index in [4.69, 9.17) is 0 Å². The molecule has 0 aliphatic rings. The monoisotopic (exact) mass is 391 g/mol. The summed E-state index contributed by atoms with van der Waals surface area (Å²) in [5.74, 6) is -0.256. The van der Waals surface area contributed by atoms with Crippen LogP contribution in [-0.2, 0) is 6.54 Å². The van der Waals surface area contributed by atoms with Crippen molar-refractivity contribution in [1.29, 1.82) is 0 Å². The number of carbonyl (C=O) groups excluding carboxylic acids is 1. The Hall–Kier alpha value is -3.74. The first-order chi connectivity index (χ1) is 14.1. The summed E-state index contributed by atoms with van der Waals surface area (Å²) < 4.78 is 1.63. The lowest BCUT2D eigenvalue weighted by molar-refractivity contribution is -0.384. The number of hydrogen-bond donors (Lipinski definition) is 1. The van der Waals surface area contributed by atoms with Gasteiger partial charge in [0.05, 0.1) is 4.92 Å². The van der Waals surface area contributed by atoms with Crippen molar-refractivity contribution in [2.24, 2.45) is 0 Å². The fourth-order valence-electron chi connectivity index (χ4n) is 3.01. The average Bonchev–Trinajstić information content (AvgIpc) is 2.75. The Morgan fingerprint density at radius 3 is 2.45 bits per heavy atom. The normalized spacial score (nSPS) is 10.5. The molecule has 1 aromatic heterocycles. The quantitative estimate of drug-likeness (QED) is 0.259. The molecule has 0 fully saturated rings. The van der Waals surface area contributed by atoms with E-state index in [1.165, 1.54) is 12.1 Å². The predicted molar refractivity (Wildman–Crippen MR) is 111 cm³/mol. The van der Waals surface area contributed by atoms with E-state index in [1.54, 1.807) is 65.4 Å². The van der Waals surface area contributed by atoms with Crippen LogP contribution in [0.15, 0.2) is 77.7 Å². The van der Waals surface area contributed by atoms with Gasteiger partial charge in [0.15, 0.2) is 5.78 Å². The Morgan fingerprint density at radius 1 is 0.966 bits per heavy atom. The Kier molecular flexibility index (Phi) is 6.52. The second kappa shape index (κ2) is 9.45. The summed E-state index contributed by atoms with van der Waals surface area (Å²) in [6.07, 6.45) is 3.24. The zero-order valence-corrected chi connectivity index (χ0v) is 15.8. The Morgan fingerprint density at radius 2 is 1.72 bits per heavy atom. The summed E-state index contributed by atoms with van der Waals surface area (Å²) in [7, 11) is 0. The summed E-state index contributed by atoms with van der Waals surface area (Å²) >= 11 is 0. The van der Waals surface area contributed by atoms with Crippen LogP contribution in [-0.4, -0.2) is 21.8 Å². The summed E-state index contributed by atoms with van der Waals surface area (Å²) in [6.45, 7) is 1.11. The first-order valence-electron chi connectivity index (χ1n) is 9.34. The van der Waals surface area contributed by atoms with E-state index in [0.717, 1.165) is 12.8 Å². The van der Waals surface area contributed by atoms with E-state index in [9.17, 15) is 19.7 Å². The van der Waals surface area contributed by atoms with Gasteiger partial charge in [0.1, 0.15) is 5.69 Å². The number of rotatable bonds is 9. The minimum Gasteiger partial charge on any atom is -0.379 e. The largest absolute Gasteiger partial charge is 0.379 e. The molecule has 2 aromatic carbocycles. The van der Waals surface area contributed by atoms with Crippen molar-refractivity contribution in [2.75, 3.05) is 11.9 Å². The van der Waals surface area contributed by atoms with Crippen LogP contribution < -0.4 is 10.9 Å². The smallest absolute Gasteiger partial charge is 0.293 e. The van der Waals surface area contributed by atoms with Crippen molar-refractivity contribution < 1.29 is 9.72 Å². The molecule has 148 valence electrons. The third kappa shape index (κ3) is 5.16. The molecule has 1 N–H and O–H groups in total. The van der Waals surface area contributed by atoms with Crippen LogP contribution in [0.5, 0.6) is 0 Å². The molecule has 0 amide bonds. The van der Waals surface area contributed by atoms with Gasteiger partial charge < -0.3 is 9.88 Å². The van der Waals surface area contributed by atoms with Crippen LogP contribution in [0, 0.1) is 10.1 Å². The van der Waals surface area contributed by atoms with Gasteiger partial charge in [0.25, 0.3) is 5.69 Å². The van der Waals surface area contributed by atoms with Crippen LogP contribution in [0.1, 0.15) is 28.8 Å². The van der Waals surface area contributed by atoms with E-state index in [0.29, 0.717) is 24.3 Å². The molecule has 0 spiro atoms. The van der Waals surface area contributed by atoms with Crippen molar-refractivity contribution in [3.63, 3.8) is 0 Å². The molecule has 7 heteroatoms. The number of aryl methyl sites for hydroxylation is 1. The van der Waals surface area contributed by atoms with E-state index >= 15 is 0 Å². The number of ketones is 1. The van der Waals surface area contributed by atoms with Gasteiger partial charge in [0, 0.05) is 42.5 Å². The number of pyridine rings is 1. The van der Waals surface area contributed by atoms with E-state index in [2.05, 4.69) is 5.32 Å². The Balaban J connectivity index is 1.62. The van der Waals surface area contributed by atoms with Crippen LogP contribution in [0.2, 0.25) is 0 Å². The van der Waals surface area contributed by atoms with Gasteiger partial charge in [-0.05, 0) is 31.0 Å². The number of anilines is 1. The number of nitro groups is 1. The lowest BCUT2D eigenvalue weighted by Gasteiger charge is -2.09. The summed E-state index contributed by atoms with van der Waals surface area (Å²) in [4.78, 5) is 35.1. The number of nitro benzene ring substituents is 1. The van der Waals surface area contributed by atoms with Crippen molar-refractivity contribution in [3.8, 4) is 0 Å². The molecule has 3 rings (SSSR count). The SMILES string of the molecule is O=C(c1ccccc1)c1ccc(NCCCCn2ccccc2=O)c([N+](=O)[O-])c1. The second-order valence-electron chi connectivity index (χ2n) is 6.55. The molecular formula is C22H21N3O4. The molecule has 7 nitrogen and oxygen atoms in total. The maximum atomic E-state index is 12.5. The molecule has 29 heavy (non-hydrogen) atoms. The highest BCUT2D eigenvalue weighted by atomic mass is 16.6. The number of unbranched alkanes of at least 4 members (excludes halogenated alkanes) is 1. The van der Waals surface area contributed by atoms with Crippen molar-refractivity contribution in [3.05, 3.63) is 105 Å². The van der Waals surface area contributed by atoms with Gasteiger partial charge in [-0.15, -0.1) is 0 Å². The van der Waals surface area contributed by atoms with E-state index in [1.807, 2.05) is 0 Å². The van der Waals surface area contributed by atoms with Gasteiger partial charge in [0.2, 0.25) is 5.56 Å². The minimum atomic E-state index is -0.492. The standard InChI is InChI=1S/C22H21N3O4/c26-21-10-4-6-14-24(21)15-7-5-13-23-19-12-11-18(16-20(19)25(28)29)22(27)17-8-2-1-3-9-17/h1-4,6,8-12,14,16,23H,5,7,13,15H2. The summed E-state index contributed by atoms with van der Waals surface area (Å²) in [5, 5.41) is 14.5. The highest BCUT2D eigenvalue weighted by Crippen LogP contribution is 2.26. The number of nitrogens with one attached hydrogen (secondary N) is 1. The highest BCUT2D eigenvalue weighted by Gasteiger charge is 2.18. The number of aromatic nitrogens is 1. The molecule has 0 aliphatic carbocycles. The molecule has 1 heterocycles. The van der Waals surface area contributed by atoms with Crippen LogP contribution in [0.25, 0.3) is 0 Å². The van der Waals surface area contributed by atoms with Gasteiger partial charge in [-0.3, -0.25) is 19.7 Å². The fourth-order valence-corrected chi connectivity index (χ4v) is 3.01. The molecule has 0 saturated heterocycles. The first kappa shape index (κ1) is 20.0.